The van der Waals surface area contributed by atoms with Crippen molar-refractivity contribution in [2.75, 3.05) is 57.3 Å². The van der Waals surface area contributed by atoms with Crippen LogP contribution in [-0.2, 0) is 30.4 Å². The van der Waals surface area contributed by atoms with Gasteiger partial charge in [0.25, 0.3) is 0 Å². The Morgan fingerprint density at radius 1 is 0.905 bits per heavy atom. The van der Waals surface area contributed by atoms with Crippen molar-refractivity contribution in [3.05, 3.63) is 94.5 Å². The first kappa shape index (κ1) is 54.7. The number of piperazine rings is 1. The lowest BCUT2D eigenvalue weighted by atomic mass is 9.76. The number of likely N-dealkylation sites (tertiary alicyclic amines) is 1. The molecule has 0 saturated carbocycles. The minimum atomic E-state index is -1.03. The van der Waals surface area contributed by atoms with E-state index in [1.807, 2.05) is 98.9 Å². The Kier molecular flexibility index (Phi) is 18.0. The van der Waals surface area contributed by atoms with Crippen LogP contribution in [0.4, 0.5) is 5.82 Å². The Morgan fingerprint density at radius 2 is 1.62 bits per heavy atom. The molecule has 16 nitrogen and oxygen atoms in total. The number of rotatable bonds is 21. The van der Waals surface area contributed by atoms with Crippen LogP contribution in [0.25, 0.3) is 21.5 Å². The van der Waals surface area contributed by atoms with Gasteiger partial charge in [-0.15, -0.1) is 11.3 Å². The van der Waals surface area contributed by atoms with Crippen molar-refractivity contribution < 1.29 is 29.1 Å². The van der Waals surface area contributed by atoms with Gasteiger partial charge in [0.05, 0.1) is 45.2 Å². The second kappa shape index (κ2) is 24.4. The largest absolute Gasteiger partial charge is 0.391 e. The Balaban J connectivity index is 0.742. The molecule has 5 N–H and O–H groups in total. The number of nitrogens with two attached hydrogens (primary N) is 1. The number of carbonyl (C=O) groups excluding carboxylic acids is 5. The molecule has 0 bridgehead atoms. The maximum atomic E-state index is 14.2. The van der Waals surface area contributed by atoms with E-state index in [-0.39, 0.29) is 61.1 Å². The highest BCUT2D eigenvalue weighted by Crippen LogP contribution is 2.35. The fourth-order valence-electron chi connectivity index (χ4n) is 10.7. The number of thiazole rings is 1. The number of aryl methyl sites for hydroxylation is 2. The number of halogens is 1. The smallest absolute Gasteiger partial charge is 0.240 e. The van der Waals surface area contributed by atoms with Gasteiger partial charge >= 0.3 is 0 Å². The molecule has 396 valence electrons. The van der Waals surface area contributed by atoms with Crippen molar-refractivity contribution in [1.82, 2.24) is 40.0 Å². The number of hydrogen-bond acceptors (Lipinski definition) is 13. The monoisotopic (exact) mass is 1050 g/mol. The Morgan fingerprint density at radius 3 is 2.31 bits per heavy atom. The van der Waals surface area contributed by atoms with Gasteiger partial charge in [-0.25, -0.2) is 15.0 Å². The number of aromatic nitrogens is 4. The van der Waals surface area contributed by atoms with Gasteiger partial charge < -0.3 is 35.8 Å². The van der Waals surface area contributed by atoms with E-state index in [0.29, 0.717) is 89.0 Å². The van der Waals surface area contributed by atoms with E-state index in [0.717, 1.165) is 63.7 Å². The highest BCUT2D eigenvalue weighted by Gasteiger charge is 2.44. The first-order valence-corrected chi connectivity index (χ1v) is 27.6. The number of β-amino-alcohol motifs (C(OH)–C–C–N with tert-alkyl or cyclic N) is 1. The molecule has 3 aromatic heterocycles. The fraction of sp³-hybridized carbons (Fsp3) is 0.536. The van der Waals surface area contributed by atoms with E-state index in [1.54, 1.807) is 17.7 Å². The molecular formula is C56H73ClN10O6S. The van der Waals surface area contributed by atoms with E-state index < -0.39 is 29.0 Å². The third-order valence-corrected chi connectivity index (χ3v) is 16.7. The molecule has 3 fully saturated rings. The zero-order chi connectivity index (χ0) is 52.6. The molecular weight excluding hydrogens is 976 g/mol. The molecule has 0 unspecified atom stereocenters. The summed E-state index contributed by atoms with van der Waals surface area (Å²) in [5, 5.41) is 15.5. The molecule has 0 spiro atoms. The van der Waals surface area contributed by atoms with Crippen molar-refractivity contribution >= 4 is 69.1 Å². The van der Waals surface area contributed by atoms with Crippen LogP contribution in [0.15, 0.2) is 72.6 Å². The Labute approximate surface area is 443 Å². The minimum Gasteiger partial charge on any atom is -0.391 e. The molecule has 0 radical (unpaired) electrons. The van der Waals surface area contributed by atoms with Gasteiger partial charge in [0.1, 0.15) is 23.6 Å². The molecule has 0 aliphatic carbocycles. The van der Waals surface area contributed by atoms with Gasteiger partial charge in [0.2, 0.25) is 17.7 Å². The summed E-state index contributed by atoms with van der Waals surface area (Å²) in [6.07, 6.45) is 7.94. The molecule has 3 aliphatic heterocycles. The Hall–Kier alpha value is -5.59. The highest BCUT2D eigenvalue weighted by atomic mass is 35.5. The number of piperidine rings is 1. The molecule has 6 heterocycles. The number of H-pyrrole nitrogens is 1. The first-order valence-electron chi connectivity index (χ1n) is 26.4. The van der Waals surface area contributed by atoms with Crippen molar-refractivity contribution in [2.45, 2.75) is 128 Å². The number of ketones is 2. The molecule has 74 heavy (non-hydrogen) atoms. The molecule has 3 amide bonds. The topological polar surface area (TPSA) is 211 Å². The predicted octanol–water partition coefficient (Wildman–Crippen LogP) is 7.47. The lowest BCUT2D eigenvalue weighted by Gasteiger charge is -2.39. The van der Waals surface area contributed by atoms with Crippen LogP contribution in [0.5, 0.6) is 0 Å². The lowest BCUT2D eigenvalue weighted by Crippen LogP contribution is -2.60. The van der Waals surface area contributed by atoms with E-state index >= 15 is 0 Å². The zero-order valence-electron chi connectivity index (χ0n) is 43.4. The van der Waals surface area contributed by atoms with Gasteiger partial charge in [-0.1, -0.05) is 75.2 Å². The molecule has 3 saturated heterocycles. The third-order valence-electron chi connectivity index (χ3n) is 15.5. The molecule has 3 aliphatic rings. The molecule has 18 heteroatoms. The summed E-state index contributed by atoms with van der Waals surface area (Å²) in [7, 11) is 0. The zero-order valence-corrected chi connectivity index (χ0v) is 44.9. The number of hydrogen-bond donors (Lipinski definition) is 4. The number of Topliss-reactive ketones (excluding diaryl/α,β-unsaturated/α-hetero) is 2. The summed E-state index contributed by atoms with van der Waals surface area (Å²) < 4.78 is 0. The average Bonchev–Trinajstić information content (AvgIpc) is 4.16. The number of carbonyl (C=O) groups is 5. The summed E-state index contributed by atoms with van der Waals surface area (Å²) in [5.74, 6) is -0.225. The predicted molar refractivity (Wildman–Crippen MR) is 290 cm³/mol. The van der Waals surface area contributed by atoms with Crippen LogP contribution >= 0.6 is 22.9 Å². The Bertz CT molecular complexity index is 2720. The number of aromatic amines is 1. The van der Waals surface area contributed by atoms with E-state index in [1.165, 1.54) is 4.90 Å². The van der Waals surface area contributed by atoms with E-state index in [9.17, 15) is 29.1 Å². The van der Waals surface area contributed by atoms with Crippen LogP contribution in [0, 0.1) is 18.3 Å². The number of nitrogens with one attached hydrogen (secondary N) is 2. The van der Waals surface area contributed by atoms with Crippen LogP contribution in [0.3, 0.4) is 0 Å². The highest BCUT2D eigenvalue weighted by molar-refractivity contribution is 7.13. The van der Waals surface area contributed by atoms with Crippen LogP contribution in [0.2, 0.25) is 5.02 Å². The van der Waals surface area contributed by atoms with E-state index in [4.69, 9.17) is 17.3 Å². The molecule has 5 aromatic rings. The summed E-state index contributed by atoms with van der Waals surface area (Å²) in [6.45, 7) is 12.5. The maximum Gasteiger partial charge on any atom is 0.240 e. The summed E-state index contributed by atoms with van der Waals surface area (Å²) >= 11 is 7.85. The number of fused-ring (bicyclic) bond motifs is 1. The van der Waals surface area contributed by atoms with Crippen LogP contribution in [0.1, 0.15) is 114 Å². The average molecular weight is 1050 g/mol. The molecule has 2 aromatic carbocycles. The van der Waals surface area contributed by atoms with Crippen LogP contribution < -0.4 is 16.0 Å². The summed E-state index contributed by atoms with van der Waals surface area (Å²) in [5.41, 5.74) is 11.9. The summed E-state index contributed by atoms with van der Waals surface area (Å²) in [6, 6.07) is 16.7. The van der Waals surface area contributed by atoms with Crippen LogP contribution in [-0.4, -0.2) is 139 Å². The van der Waals surface area contributed by atoms with Crippen molar-refractivity contribution in [3.8, 4) is 10.4 Å². The number of benzene rings is 2. The normalized spacial score (nSPS) is 19.1. The first-order chi connectivity index (χ1) is 35.5. The second-order valence-electron chi connectivity index (χ2n) is 21.7. The molecule has 4 atom stereocenters. The third kappa shape index (κ3) is 13.6. The molecule has 8 rings (SSSR count). The van der Waals surface area contributed by atoms with E-state index in [2.05, 4.69) is 35.1 Å². The van der Waals surface area contributed by atoms with Gasteiger partial charge in [0.15, 0.2) is 5.78 Å². The number of nitrogens with zero attached hydrogens (tertiary/aromatic N) is 7. The number of anilines is 1. The quantitative estimate of drug-likeness (QED) is 0.0528. The van der Waals surface area contributed by atoms with Gasteiger partial charge in [-0.3, -0.25) is 28.9 Å². The SMILES string of the molecule is Cc1ncsc1-c1ccc(CCC(=O)[C@@H]2C[C@@H](O)CN2C(=O)[C@@H](CC(=O)CCCCCC(=O)N2CCN(CC[C@H](NC(=O)C3(N)CCN(c4ncnc5[nH]ccc45)CC3)c3ccc(Cl)cc3)CC2)C(C)(C)C)cc1. The van der Waals surface area contributed by atoms with Crippen molar-refractivity contribution in [2.24, 2.45) is 17.1 Å². The number of amides is 3. The van der Waals surface area contributed by atoms with Gasteiger partial charge in [-0.2, -0.15) is 0 Å². The van der Waals surface area contributed by atoms with Crippen molar-refractivity contribution in [3.63, 3.8) is 0 Å². The lowest BCUT2D eigenvalue weighted by molar-refractivity contribution is -0.146. The fourth-order valence-corrected chi connectivity index (χ4v) is 11.7. The van der Waals surface area contributed by atoms with Gasteiger partial charge in [0, 0.05) is 102 Å². The van der Waals surface area contributed by atoms with Crippen molar-refractivity contribution in [1.29, 1.82) is 0 Å². The number of aliphatic hydroxyl groups is 1. The number of aliphatic hydroxyl groups excluding tert-OH is 1. The maximum absolute atomic E-state index is 14.2. The second-order valence-corrected chi connectivity index (χ2v) is 23.0. The standard InChI is InChI=1S/C56H73ClN10O6S/c1-37-50(74-36-62-37)40-13-10-38(11-14-40)12-19-48(70)47-33-43(69)34-67(47)53(72)45(55(2,3)4)32-42(68)8-6-5-7-9-49(71)65-30-28-64(29-31-65)25-21-46(39-15-17-41(57)18-16-39)63-54(73)56(58)22-26-66(27-23-56)52-44-20-24-59-51(44)60-35-61-52/h10-11,13-18,20,24,35-36,43,45-47,69H,5-9,12,19,21-23,25-34,58H2,1-4H3,(H,63,73)(H,59,60,61)/t43-,45-,46+,47+/m1/s1. The minimum absolute atomic E-state index is 0.0145. The van der Waals surface area contributed by atoms with Gasteiger partial charge in [-0.05, 0) is 85.8 Å². The number of unbranched alkanes of at least 4 members (excludes halogenated alkanes) is 2. The summed E-state index contributed by atoms with van der Waals surface area (Å²) in [4.78, 5) is 94.0.